The second-order valence-corrected chi connectivity index (χ2v) is 10.2. The lowest BCUT2D eigenvalue weighted by Crippen LogP contribution is -2.54. The number of rotatable bonds is 7. The zero-order chi connectivity index (χ0) is 23.5. The average molecular weight is 461 g/mol. The van der Waals surface area contributed by atoms with E-state index in [0.29, 0.717) is 43.1 Å². The quantitative estimate of drug-likeness (QED) is 0.593. The van der Waals surface area contributed by atoms with Gasteiger partial charge in [-0.05, 0) is 61.4 Å². The Hall–Kier alpha value is -2.71. The third-order valence-electron chi connectivity index (χ3n) is 5.69. The molecule has 1 aliphatic rings. The summed E-state index contributed by atoms with van der Waals surface area (Å²) in [5, 5.41) is 0. The van der Waals surface area contributed by atoms with Crippen LogP contribution in [0.25, 0.3) is 0 Å². The molecule has 0 aliphatic carbocycles. The number of carbonyl (C=O) groups excluding carboxylic acids is 1. The number of sulfone groups is 1. The maximum Gasteiger partial charge on any atom is 0.246 e. The van der Waals surface area contributed by atoms with Crippen molar-refractivity contribution in [3.8, 4) is 5.75 Å². The zero-order valence-corrected chi connectivity index (χ0v) is 19.4. The minimum Gasteiger partial charge on any atom is -0.484 e. The van der Waals surface area contributed by atoms with Gasteiger partial charge in [0.1, 0.15) is 17.7 Å². The van der Waals surface area contributed by atoms with Gasteiger partial charge in [-0.3, -0.25) is 9.69 Å². The monoisotopic (exact) mass is 460 g/mol. The Morgan fingerprint density at radius 2 is 1.94 bits per heavy atom. The zero-order valence-electron chi connectivity index (χ0n) is 18.6. The van der Waals surface area contributed by atoms with Gasteiger partial charge in [0.2, 0.25) is 5.91 Å². The predicted octanol–water partition coefficient (Wildman–Crippen LogP) is 3.38. The number of hydrogen-bond donors (Lipinski definition) is 0. The summed E-state index contributed by atoms with van der Waals surface area (Å²) in [7, 11) is -3.31. The predicted molar refractivity (Wildman–Crippen MR) is 122 cm³/mol. The molecule has 32 heavy (non-hydrogen) atoms. The van der Waals surface area contributed by atoms with Crippen molar-refractivity contribution in [3.63, 3.8) is 0 Å². The van der Waals surface area contributed by atoms with E-state index >= 15 is 0 Å². The maximum atomic E-state index is 14.3. The first-order chi connectivity index (χ1) is 15.1. The highest BCUT2D eigenvalue weighted by Crippen LogP contribution is 2.27. The smallest absolute Gasteiger partial charge is 0.246 e. The van der Waals surface area contributed by atoms with Gasteiger partial charge < -0.3 is 9.64 Å². The van der Waals surface area contributed by atoms with Crippen LogP contribution in [-0.4, -0.2) is 62.6 Å². The van der Waals surface area contributed by atoms with Gasteiger partial charge in [-0.15, -0.1) is 0 Å². The molecule has 172 valence electrons. The molecule has 1 amide bonds. The van der Waals surface area contributed by atoms with E-state index < -0.39 is 15.9 Å². The van der Waals surface area contributed by atoms with Gasteiger partial charge in [0, 0.05) is 38.5 Å². The summed E-state index contributed by atoms with van der Waals surface area (Å²) in [4.78, 5) is 16.2. The lowest BCUT2D eigenvalue weighted by atomic mass is 10.0. The van der Waals surface area contributed by atoms with Crippen molar-refractivity contribution in [2.45, 2.75) is 30.9 Å². The van der Waals surface area contributed by atoms with Gasteiger partial charge in [0.25, 0.3) is 0 Å². The fraction of sp³-hybridized carbons (Fsp3) is 0.375. The summed E-state index contributed by atoms with van der Waals surface area (Å²) in [5.41, 5.74) is 1.24. The van der Waals surface area contributed by atoms with Gasteiger partial charge in [0.15, 0.2) is 9.84 Å². The van der Waals surface area contributed by atoms with E-state index in [4.69, 9.17) is 4.74 Å². The van der Waals surface area contributed by atoms with Crippen LogP contribution in [0.5, 0.6) is 5.75 Å². The highest BCUT2D eigenvalue weighted by Gasteiger charge is 2.28. The first-order valence-corrected chi connectivity index (χ1v) is 12.4. The molecule has 8 heteroatoms. The second-order valence-electron chi connectivity index (χ2n) is 8.20. The van der Waals surface area contributed by atoms with Crippen LogP contribution in [0.4, 0.5) is 4.39 Å². The Morgan fingerprint density at radius 1 is 1.25 bits per heavy atom. The fourth-order valence-electron chi connectivity index (χ4n) is 3.83. The molecule has 1 saturated heterocycles. The van der Waals surface area contributed by atoms with E-state index in [-0.39, 0.29) is 22.7 Å². The van der Waals surface area contributed by atoms with Crippen LogP contribution in [0, 0.1) is 12.7 Å². The molecular formula is C24H29FN2O4S. The SMILES string of the molecule is C=CC(=O)N1CCN(C[C@@H](Oc2ccc(S(C)(=O)=O)cc2)c2ccc(C)c(F)c2)C[C@H]1C. The van der Waals surface area contributed by atoms with Crippen LogP contribution >= 0.6 is 0 Å². The van der Waals surface area contributed by atoms with Crippen LogP contribution in [0.2, 0.25) is 0 Å². The first-order valence-electron chi connectivity index (χ1n) is 10.5. The van der Waals surface area contributed by atoms with E-state index in [1.54, 1.807) is 30.0 Å². The molecule has 2 aromatic rings. The molecular weight excluding hydrogens is 431 g/mol. The lowest BCUT2D eigenvalue weighted by molar-refractivity contribution is -0.130. The summed E-state index contributed by atoms with van der Waals surface area (Å²) in [5.74, 6) is 0.103. The lowest BCUT2D eigenvalue weighted by Gasteiger charge is -2.40. The molecule has 3 rings (SSSR count). The number of ether oxygens (including phenoxy) is 1. The number of benzene rings is 2. The minimum atomic E-state index is -3.31. The number of hydrogen-bond acceptors (Lipinski definition) is 5. The Kier molecular flexibility index (Phi) is 7.36. The van der Waals surface area contributed by atoms with E-state index in [0.717, 1.165) is 6.26 Å². The number of amides is 1. The molecule has 0 radical (unpaired) electrons. The largest absolute Gasteiger partial charge is 0.484 e. The van der Waals surface area contributed by atoms with Gasteiger partial charge in [-0.2, -0.15) is 0 Å². The van der Waals surface area contributed by atoms with Crippen molar-refractivity contribution >= 4 is 15.7 Å². The topological polar surface area (TPSA) is 66.9 Å². The first kappa shape index (κ1) is 23.9. The van der Waals surface area contributed by atoms with Crippen molar-refractivity contribution in [1.29, 1.82) is 0 Å². The van der Waals surface area contributed by atoms with Crippen LogP contribution in [0.15, 0.2) is 60.0 Å². The van der Waals surface area contributed by atoms with E-state index in [9.17, 15) is 17.6 Å². The van der Waals surface area contributed by atoms with Gasteiger partial charge in [0.05, 0.1) is 4.90 Å². The van der Waals surface area contributed by atoms with Crippen LogP contribution < -0.4 is 4.74 Å². The summed E-state index contributed by atoms with van der Waals surface area (Å²) in [6.45, 7) is 9.63. The molecule has 1 aliphatic heterocycles. The van der Waals surface area contributed by atoms with Crippen molar-refractivity contribution in [2.24, 2.45) is 0 Å². The summed E-state index contributed by atoms with van der Waals surface area (Å²) in [6, 6.07) is 11.3. The third-order valence-corrected chi connectivity index (χ3v) is 6.82. The Labute approximate surface area is 189 Å². The number of carbonyl (C=O) groups is 1. The van der Waals surface area contributed by atoms with E-state index in [1.165, 1.54) is 24.3 Å². The Bertz CT molecular complexity index is 1090. The number of piperazine rings is 1. The molecule has 0 spiro atoms. The van der Waals surface area contributed by atoms with Gasteiger partial charge >= 0.3 is 0 Å². The van der Waals surface area contributed by atoms with Crippen molar-refractivity contribution < 1.29 is 22.3 Å². The molecule has 0 aromatic heterocycles. The Morgan fingerprint density at radius 3 is 2.50 bits per heavy atom. The average Bonchev–Trinajstić information content (AvgIpc) is 2.74. The van der Waals surface area contributed by atoms with Crippen LogP contribution in [0.3, 0.4) is 0 Å². The van der Waals surface area contributed by atoms with E-state index in [2.05, 4.69) is 11.5 Å². The summed E-state index contributed by atoms with van der Waals surface area (Å²) in [6.07, 6.45) is 2.01. The molecule has 2 aromatic carbocycles. The second kappa shape index (κ2) is 9.83. The fourth-order valence-corrected chi connectivity index (χ4v) is 4.46. The molecule has 6 nitrogen and oxygen atoms in total. The number of aryl methyl sites for hydroxylation is 1. The molecule has 1 heterocycles. The van der Waals surface area contributed by atoms with Crippen LogP contribution in [-0.2, 0) is 14.6 Å². The summed E-state index contributed by atoms with van der Waals surface area (Å²) < 4.78 is 43.9. The van der Waals surface area contributed by atoms with E-state index in [1.807, 2.05) is 13.0 Å². The highest BCUT2D eigenvalue weighted by atomic mass is 32.2. The molecule has 0 unspecified atom stereocenters. The standard InChI is InChI=1S/C24H29FN2O4S/c1-5-24(28)27-13-12-26(15-18(27)3)16-23(19-7-6-17(2)22(25)14-19)31-20-8-10-21(11-9-20)32(4,29)30/h5-11,14,18,23H,1,12-13,15-16H2,2-4H3/t18-,23-/m1/s1. The van der Waals surface area contributed by atoms with Gasteiger partial charge in [-0.25, -0.2) is 12.8 Å². The van der Waals surface area contributed by atoms with Gasteiger partial charge in [-0.1, -0.05) is 18.7 Å². The van der Waals surface area contributed by atoms with Crippen molar-refractivity contribution in [3.05, 3.63) is 72.1 Å². The molecule has 0 bridgehead atoms. The normalized spacial score (nSPS) is 18.2. The molecule has 0 N–H and O–H groups in total. The van der Waals surface area contributed by atoms with Crippen LogP contribution in [0.1, 0.15) is 24.2 Å². The molecule has 0 saturated carbocycles. The van der Waals surface area contributed by atoms with Crippen molar-refractivity contribution in [2.75, 3.05) is 32.4 Å². The Balaban J connectivity index is 1.81. The third kappa shape index (κ3) is 5.75. The number of nitrogens with zero attached hydrogens (tertiary/aromatic N) is 2. The highest BCUT2D eigenvalue weighted by molar-refractivity contribution is 7.90. The maximum absolute atomic E-state index is 14.3. The molecule has 1 fully saturated rings. The number of halogens is 1. The summed E-state index contributed by atoms with van der Waals surface area (Å²) >= 11 is 0. The van der Waals surface area contributed by atoms with Crippen molar-refractivity contribution in [1.82, 2.24) is 9.80 Å². The molecule has 2 atom stereocenters. The minimum absolute atomic E-state index is 0.0127.